The maximum Gasteiger partial charge on any atom is 0.253 e. The van der Waals surface area contributed by atoms with Gasteiger partial charge in [0.15, 0.2) is 0 Å². The van der Waals surface area contributed by atoms with E-state index >= 15 is 0 Å². The Hall–Kier alpha value is -0.990. The molecular weight excluding hydrogens is 212 g/mol. The molecular formula is C14H26N2O. The Kier molecular flexibility index (Phi) is 3.34. The quantitative estimate of drug-likeness (QED) is 0.704. The minimum Gasteiger partial charge on any atom is -0.368 e. The number of nitrogens with zero attached hydrogens (tertiary/aromatic N) is 1. The molecule has 0 spiro atoms. The van der Waals surface area contributed by atoms with Crippen LogP contribution in [-0.4, -0.2) is 24.0 Å². The molecule has 0 saturated carbocycles. The van der Waals surface area contributed by atoms with Crippen LogP contribution in [0.2, 0.25) is 0 Å². The van der Waals surface area contributed by atoms with Crippen molar-refractivity contribution in [3.8, 4) is 0 Å². The second-order valence-electron chi connectivity index (χ2n) is 6.99. The number of carbonyl (C=O) groups is 1. The molecule has 3 nitrogen and oxygen atoms in total. The molecule has 0 aliphatic carbocycles. The van der Waals surface area contributed by atoms with Gasteiger partial charge in [-0.25, -0.2) is 0 Å². The summed E-state index contributed by atoms with van der Waals surface area (Å²) in [6.45, 7) is 14.7. The molecule has 0 radical (unpaired) electrons. The van der Waals surface area contributed by atoms with Gasteiger partial charge in [0.1, 0.15) is 0 Å². The highest BCUT2D eigenvalue weighted by Gasteiger charge is 2.39. The molecule has 0 aromatic rings. The summed E-state index contributed by atoms with van der Waals surface area (Å²) >= 11 is 0. The van der Waals surface area contributed by atoms with Crippen molar-refractivity contribution in [2.45, 2.75) is 54.6 Å². The highest BCUT2D eigenvalue weighted by atomic mass is 16.2. The first-order chi connectivity index (χ1) is 7.46. The van der Waals surface area contributed by atoms with Crippen LogP contribution in [0.1, 0.15) is 48.5 Å². The molecule has 1 unspecified atom stereocenters. The van der Waals surface area contributed by atoms with Crippen molar-refractivity contribution in [3.05, 3.63) is 11.3 Å². The van der Waals surface area contributed by atoms with Crippen molar-refractivity contribution in [2.75, 3.05) is 7.05 Å². The van der Waals surface area contributed by atoms with Crippen LogP contribution in [0.3, 0.4) is 0 Å². The van der Waals surface area contributed by atoms with Crippen LogP contribution in [-0.2, 0) is 4.79 Å². The number of rotatable bonds is 0. The van der Waals surface area contributed by atoms with Crippen LogP contribution in [0.25, 0.3) is 0 Å². The second-order valence-corrected chi connectivity index (χ2v) is 6.99. The molecule has 1 atom stereocenters. The minimum absolute atomic E-state index is 0.0339. The first-order valence-electron chi connectivity index (χ1n) is 6.25. The molecule has 0 fully saturated rings. The molecule has 3 heteroatoms. The third kappa shape index (κ3) is 2.64. The zero-order chi connectivity index (χ0) is 13.6. The normalized spacial score (nSPS) is 22.9. The summed E-state index contributed by atoms with van der Waals surface area (Å²) in [6, 6.07) is 0. The van der Waals surface area contributed by atoms with Gasteiger partial charge in [-0.05, 0) is 12.3 Å². The predicted molar refractivity (Wildman–Crippen MR) is 71.3 cm³/mol. The molecule has 0 aromatic heterocycles. The minimum atomic E-state index is -0.138. The van der Waals surface area contributed by atoms with E-state index in [1.165, 1.54) is 0 Å². The second kappa shape index (κ2) is 4.04. The summed E-state index contributed by atoms with van der Waals surface area (Å²) in [5.74, 6) is 0.147. The lowest BCUT2D eigenvalue weighted by Crippen LogP contribution is -2.53. The van der Waals surface area contributed by atoms with Crippen LogP contribution in [0, 0.1) is 10.8 Å². The lowest BCUT2D eigenvalue weighted by Gasteiger charge is -2.43. The summed E-state index contributed by atoms with van der Waals surface area (Å²) in [6.07, 6.45) is 0.0582. The average molecular weight is 238 g/mol. The fourth-order valence-electron chi connectivity index (χ4n) is 2.12. The molecule has 1 amide bonds. The van der Waals surface area contributed by atoms with Gasteiger partial charge in [-0.15, -0.1) is 0 Å². The number of hydrogen-bond acceptors (Lipinski definition) is 2. The zero-order valence-electron chi connectivity index (χ0n) is 12.4. The van der Waals surface area contributed by atoms with E-state index in [2.05, 4.69) is 46.9 Å². The van der Waals surface area contributed by atoms with Crippen LogP contribution < -0.4 is 5.32 Å². The van der Waals surface area contributed by atoms with E-state index in [9.17, 15) is 4.79 Å². The van der Waals surface area contributed by atoms with Crippen molar-refractivity contribution < 1.29 is 4.79 Å². The Labute approximate surface area is 105 Å². The molecule has 0 saturated heterocycles. The van der Waals surface area contributed by atoms with Crippen molar-refractivity contribution in [2.24, 2.45) is 10.8 Å². The Morgan fingerprint density at radius 1 is 1.06 bits per heavy atom. The van der Waals surface area contributed by atoms with Crippen LogP contribution in [0.4, 0.5) is 0 Å². The number of amides is 1. The van der Waals surface area contributed by atoms with Crippen molar-refractivity contribution in [1.29, 1.82) is 0 Å². The van der Waals surface area contributed by atoms with Gasteiger partial charge in [0.05, 0.1) is 6.17 Å². The molecule has 1 rings (SSSR count). The van der Waals surface area contributed by atoms with Gasteiger partial charge >= 0.3 is 0 Å². The molecule has 1 N–H and O–H groups in total. The first kappa shape index (κ1) is 14.1. The average Bonchev–Trinajstić information content (AvgIpc) is 2.09. The molecule has 1 heterocycles. The van der Waals surface area contributed by atoms with Gasteiger partial charge in [0.25, 0.3) is 5.91 Å². The maximum atomic E-state index is 12.5. The Morgan fingerprint density at radius 3 is 1.88 bits per heavy atom. The number of nitrogens with one attached hydrogen (secondary N) is 1. The molecule has 98 valence electrons. The summed E-state index contributed by atoms with van der Waals surface area (Å²) < 4.78 is 0. The highest BCUT2D eigenvalue weighted by Crippen LogP contribution is 2.38. The van der Waals surface area contributed by atoms with Gasteiger partial charge in [0.2, 0.25) is 0 Å². The van der Waals surface area contributed by atoms with E-state index in [1.807, 2.05) is 14.0 Å². The van der Waals surface area contributed by atoms with Crippen LogP contribution in [0.5, 0.6) is 0 Å². The number of likely N-dealkylation sites (N-methyl/N-ethyl adjacent to an activating group) is 1. The van der Waals surface area contributed by atoms with Gasteiger partial charge in [-0.3, -0.25) is 4.79 Å². The number of carbonyl (C=O) groups excluding carboxylic acids is 1. The van der Waals surface area contributed by atoms with E-state index in [0.717, 1.165) is 11.3 Å². The summed E-state index contributed by atoms with van der Waals surface area (Å²) in [5.41, 5.74) is 1.82. The SMILES string of the molecule is CC1NC(C(C)(C)C)=C(C(C)(C)C)C(=O)N1C. The van der Waals surface area contributed by atoms with Gasteiger partial charge in [-0.1, -0.05) is 41.5 Å². The lowest BCUT2D eigenvalue weighted by atomic mass is 9.76. The van der Waals surface area contributed by atoms with Crippen molar-refractivity contribution in [3.63, 3.8) is 0 Å². The molecule has 1 aliphatic rings. The van der Waals surface area contributed by atoms with Crippen LogP contribution >= 0.6 is 0 Å². The fourth-order valence-corrected chi connectivity index (χ4v) is 2.12. The van der Waals surface area contributed by atoms with E-state index in [-0.39, 0.29) is 22.9 Å². The fraction of sp³-hybridized carbons (Fsp3) is 0.786. The van der Waals surface area contributed by atoms with Crippen molar-refractivity contribution >= 4 is 5.91 Å². The topological polar surface area (TPSA) is 32.3 Å². The standard InChI is InChI=1S/C14H26N2O/c1-9-15-11(14(5,6)7)10(13(2,3)4)12(17)16(9)8/h9,15H,1-8H3. The van der Waals surface area contributed by atoms with Crippen LogP contribution in [0.15, 0.2) is 11.3 Å². The maximum absolute atomic E-state index is 12.5. The summed E-state index contributed by atoms with van der Waals surface area (Å²) in [5, 5.41) is 3.48. The lowest BCUT2D eigenvalue weighted by molar-refractivity contribution is -0.130. The monoisotopic (exact) mass is 238 g/mol. The molecule has 1 aliphatic heterocycles. The number of allylic oxidation sites excluding steroid dienone is 1. The Bertz CT molecular complexity index is 355. The predicted octanol–water partition coefficient (Wildman–Crippen LogP) is 2.74. The Morgan fingerprint density at radius 2 is 1.53 bits per heavy atom. The zero-order valence-corrected chi connectivity index (χ0v) is 12.4. The molecule has 17 heavy (non-hydrogen) atoms. The Balaban J connectivity index is 3.42. The van der Waals surface area contributed by atoms with Gasteiger partial charge < -0.3 is 10.2 Å². The van der Waals surface area contributed by atoms with E-state index in [4.69, 9.17) is 0 Å². The largest absolute Gasteiger partial charge is 0.368 e. The smallest absolute Gasteiger partial charge is 0.253 e. The third-order valence-corrected chi connectivity index (χ3v) is 3.22. The molecule has 0 bridgehead atoms. The van der Waals surface area contributed by atoms with Crippen molar-refractivity contribution in [1.82, 2.24) is 10.2 Å². The van der Waals surface area contributed by atoms with E-state index < -0.39 is 0 Å². The number of hydrogen-bond donors (Lipinski definition) is 1. The highest BCUT2D eigenvalue weighted by molar-refractivity contribution is 5.96. The first-order valence-corrected chi connectivity index (χ1v) is 6.25. The molecule has 0 aromatic carbocycles. The van der Waals surface area contributed by atoms with Gasteiger partial charge in [0, 0.05) is 23.7 Å². The van der Waals surface area contributed by atoms with E-state index in [1.54, 1.807) is 4.90 Å². The van der Waals surface area contributed by atoms with Gasteiger partial charge in [-0.2, -0.15) is 0 Å². The van der Waals surface area contributed by atoms with E-state index in [0.29, 0.717) is 0 Å². The summed E-state index contributed by atoms with van der Waals surface area (Å²) in [7, 11) is 1.85. The third-order valence-electron chi connectivity index (χ3n) is 3.22. The summed E-state index contributed by atoms with van der Waals surface area (Å²) in [4.78, 5) is 14.2.